The summed E-state index contributed by atoms with van der Waals surface area (Å²) in [7, 11) is 1.53. The molecule has 0 saturated carbocycles. The molecule has 1 unspecified atom stereocenters. The molecule has 2 rings (SSSR count). The fourth-order valence-electron chi connectivity index (χ4n) is 2.05. The summed E-state index contributed by atoms with van der Waals surface area (Å²) in [5, 5.41) is 0.982. The second-order valence-corrected chi connectivity index (χ2v) is 6.10. The van der Waals surface area contributed by atoms with Gasteiger partial charge in [0.15, 0.2) is 0 Å². The maximum Gasteiger partial charge on any atom is 0.410 e. The number of carbonyl (C=O) groups is 2. The SMILES string of the molecule is CN(C(=O)OC(C)(C)C)C(C=O)c1ccc2ccccc2n1. The number of likely N-dealkylation sites (N-methyl/N-ethyl adjacent to an activating group) is 1. The number of nitrogens with zero attached hydrogens (tertiary/aromatic N) is 2. The lowest BCUT2D eigenvalue weighted by molar-refractivity contribution is -0.112. The molecule has 0 saturated heterocycles. The number of rotatable bonds is 3. The maximum atomic E-state index is 12.1. The number of amides is 1. The van der Waals surface area contributed by atoms with E-state index >= 15 is 0 Å². The molecule has 116 valence electrons. The molecule has 1 atom stereocenters. The van der Waals surface area contributed by atoms with Crippen molar-refractivity contribution in [3.63, 3.8) is 0 Å². The molecule has 1 heterocycles. The number of para-hydroxylation sites is 1. The van der Waals surface area contributed by atoms with Crippen LogP contribution in [0.25, 0.3) is 10.9 Å². The summed E-state index contributed by atoms with van der Waals surface area (Å²) in [4.78, 5) is 29.3. The molecule has 1 aromatic heterocycles. The van der Waals surface area contributed by atoms with Gasteiger partial charge in [-0.05, 0) is 32.9 Å². The van der Waals surface area contributed by atoms with E-state index < -0.39 is 17.7 Å². The van der Waals surface area contributed by atoms with Crippen molar-refractivity contribution in [3.8, 4) is 0 Å². The average Bonchev–Trinajstić information content (AvgIpc) is 2.46. The van der Waals surface area contributed by atoms with Gasteiger partial charge in [0.05, 0.1) is 11.2 Å². The van der Waals surface area contributed by atoms with Crippen LogP contribution in [0.5, 0.6) is 0 Å². The number of hydrogen-bond acceptors (Lipinski definition) is 4. The van der Waals surface area contributed by atoms with Crippen molar-refractivity contribution in [2.24, 2.45) is 0 Å². The summed E-state index contributed by atoms with van der Waals surface area (Å²) in [6.07, 6.45) is 0.139. The largest absolute Gasteiger partial charge is 0.444 e. The summed E-state index contributed by atoms with van der Waals surface area (Å²) in [5.74, 6) is 0. The predicted octanol–water partition coefficient (Wildman–Crippen LogP) is 3.34. The van der Waals surface area contributed by atoms with Crippen LogP contribution in [0.4, 0.5) is 4.79 Å². The molecule has 1 aromatic carbocycles. The first-order valence-corrected chi connectivity index (χ1v) is 7.08. The van der Waals surface area contributed by atoms with E-state index in [9.17, 15) is 9.59 Å². The molecular formula is C17H20N2O3. The minimum Gasteiger partial charge on any atom is -0.444 e. The van der Waals surface area contributed by atoms with Gasteiger partial charge in [-0.15, -0.1) is 0 Å². The van der Waals surface area contributed by atoms with Crippen LogP contribution in [0, 0.1) is 0 Å². The number of fused-ring (bicyclic) bond motifs is 1. The Morgan fingerprint density at radius 2 is 1.91 bits per heavy atom. The van der Waals surface area contributed by atoms with Gasteiger partial charge in [0, 0.05) is 12.4 Å². The highest BCUT2D eigenvalue weighted by atomic mass is 16.6. The van der Waals surface area contributed by atoms with Gasteiger partial charge >= 0.3 is 6.09 Å². The second-order valence-electron chi connectivity index (χ2n) is 6.10. The van der Waals surface area contributed by atoms with Crippen molar-refractivity contribution in [2.45, 2.75) is 32.4 Å². The van der Waals surface area contributed by atoms with Gasteiger partial charge in [-0.25, -0.2) is 4.79 Å². The number of aldehydes is 1. The third kappa shape index (κ3) is 3.61. The fraction of sp³-hybridized carbons (Fsp3) is 0.353. The lowest BCUT2D eigenvalue weighted by Crippen LogP contribution is -2.37. The molecule has 5 heteroatoms. The van der Waals surface area contributed by atoms with Gasteiger partial charge in [0.2, 0.25) is 0 Å². The summed E-state index contributed by atoms with van der Waals surface area (Å²) in [6, 6.07) is 10.5. The minimum absolute atomic E-state index is 0.516. The number of benzene rings is 1. The Labute approximate surface area is 129 Å². The number of hydrogen-bond donors (Lipinski definition) is 0. The summed E-state index contributed by atoms with van der Waals surface area (Å²) < 4.78 is 5.29. The van der Waals surface area contributed by atoms with Crippen LogP contribution in [0.15, 0.2) is 36.4 Å². The van der Waals surface area contributed by atoms with Crippen molar-refractivity contribution in [3.05, 3.63) is 42.1 Å². The first-order chi connectivity index (χ1) is 10.3. The molecular weight excluding hydrogens is 280 g/mol. The van der Waals surface area contributed by atoms with E-state index in [1.165, 1.54) is 11.9 Å². The van der Waals surface area contributed by atoms with Gasteiger partial charge < -0.3 is 9.53 Å². The summed E-state index contributed by atoms with van der Waals surface area (Å²) in [6.45, 7) is 5.34. The van der Waals surface area contributed by atoms with Crippen LogP contribution in [0.2, 0.25) is 0 Å². The molecule has 0 aliphatic carbocycles. The van der Waals surface area contributed by atoms with Gasteiger partial charge in [-0.2, -0.15) is 0 Å². The van der Waals surface area contributed by atoms with E-state index in [1.54, 1.807) is 26.8 Å². The highest BCUT2D eigenvalue weighted by molar-refractivity contribution is 5.80. The number of aromatic nitrogens is 1. The van der Waals surface area contributed by atoms with Crippen molar-refractivity contribution in [1.29, 1.82) is 0 Å². The zero-order valence-corrected chi connectivity index (χ0v) is 13.2. The Morgan fingerprint density at radius 3 is 2.55 bits per heavy atom. The Kier molecular flexibility index (Phi) is 4.45. The molecule has 0 radical (unpaired) electrons. The molecule has 0 fully saturated rings. The van der Waals surface area contributed by atoms with Gasteiger partial charge in [-0.3, -0.25) is 9.88 Å². The maximum absolute atomic E-state index is 12.1. The zero-order valence-electron chi connectivity index (χ0n) is 13.2. The standard InChI is InChI=1S/C17H20N2O3/c1-17(2,3)22-16(21)19(4)15(11-20)14-10-9-12-7-5-6-8-13(12)18-14/h5-11,15H,1-4H3. The van der Waals surface area contributed by atoms with Crippen LogP contribution < -0.4 is 0 Å². The number of pyridine rings is 1. The van der Waals surface area contributed by atoms with Crippen LogP contribution in [-0.2, 0) is 9.53 Å². The normalized spacial score (nSPS) is 12.7. The molecule has 1 amide bonds. The molecule has 0 aliphatic heterocycles. The first kappa shape index (κ1) is 15.9. The van der Waals surface area contributed by atoms with Crippen molar-refractivity contribution in [2.75, 3.05) is 7.05 Å². The molecule has 0 aliphatic rings. The van der Waals surface area contributed by atoms with Crippen molar-refractivity contribution >= 4 is 23.3 Å². The molecule has 5 nitrogen and oxygen atoms in total. The molecule has 0 bridgehead atoms. The van der Waals surface area contributed by atoms with Gasteiger partial charge in [0.1, 0.15) is 17.9 Å². The Morgan fingerprint density at radius 1 is 1.23 bits per heavy atom. The van der Waals surface area contributed by atoms with Crippen molar-refractivity contribution in [1.82, 2.24) is 9.88 Å². The average molecular weight is 300 g/mol. The van der Waals surface area contributed by atoms with E-state index in [4.69, 9.17) is 4.74 Å². The van der Waals surface area contributed by atoms with E-state index in [-0.39, 0.29) is 0 Å². The van der Waals surface area contributed by atoms with Crippen LogP contribution >= 0.6 is 0 Å². The monoisotopic (exact) mass is 300 g/mol. The molecule has 22 heavy (non-hydrogen) atoms. The quantitative estimate of drug-likeness (QED) is 0.816. The summed E-state index contributed by atoms with van der Waals surface area (Å²) in [5.41, 5.74) is 0.682. The molecule has 2 aromatic rings. The topological polar surface area (TPSA) is 59.5 Å². The highest BCUT2D eigenvalue weighted by Crippen LogP contribution is 2.21. The van der Waals surface area contributed by atoms with Gasteiger partial charge in [0.25, 0.3) is 0 Å². The van der Waals surface area contributed by atoms with Crippen molar-refractivity contribution < 1.29 is 14.3 Å². The highest BCUT2D eigenvalue weighted by Gasteiger charge is 2.27. The third-order valence-corrected chi connectivity index (χ3v) is 3.15. The predicted molar refractivity (Wildman–Crippen MR) is 84.5 cm³/mol. The van der Waals surface area contributed by atoms with Crippen LogP contribution in [-0.4, -0.2) is 34.9 Å². The third-order valence-electron chi connectivity index (χ3n) is 3.15. The fourth-order valence-corrected chi connectivity index (χ4v) is 2.05. The van der Waals surface area contributed by atoms with Crippen LogP contribution in [0.1, 0.15) is 32.5 Å². The minimum atomic E-state index is -0.778. The Bertz CT molecular complexity index is 692. The zero-order chi connectivity index (χ0) is 16.3. The smallest absolute Gasteiger partial charge is 0.410 e. The van der Waals surface area contributed by atoms with Gasteiger partial charge in [-0.1, -0.05) is 24.3 Å². The first-order valence-electron chi connectivity index (χ1n) is 7.08. The lowest BCUT2D eigenvalue weighted by Gasteiger charge is -2.27. The van der Waals surface area contributed by atoms with E-state index in [1.807, 2.05) is 30.3 Å². The van der Waals surface area contributed by atoms with E-state index in [0.717, 1.165) is 10.9 Å². The number of carbonyl (C=O) groups excluding carboxylic acids is 2. The molecule has 0 N–H and O–H groups in total. The Balaban J connectivity index is 2.29. The van der Waals surface area contributed by atoms with E-state index in [2.05, 4.69) is 4.98 Å². The molecule has 0 spiro atoms. The number of ether oxygens (including phenoxy) is 1. The van der Waals surface area contributed by atoms with Crippen LogP contribution in [0.3, 0.4) is 0 Å². The van der Waals surface area contributed by atoms with E-state index in [0.29, 0.717) is 12.0 Å². The Hall–Kier alpha value is -2.43. The summed E-state index contributed by atoms with van der Waals surface area (Å²) >= 11 is 0. The second kappa shape index (κ2) is 6.13. The lowest BCUT2D eigenvalue weighted by atomic mass is 10.1.